The SMILES string of the molecule is ClCc1noc(-c2cc3ccccc3o2)n1. The predicted octanol–water partition coefficient (Wildman–Crippen LogP) is 3.22. The van der Waals surface area contributed by atoms with Crippen molar-refractivity contribution in [3.63, 3.8) is 0 Å². The molecule has 0 aliphatic heterocycles. The van der Waals surface area contributed by atoms with E-state index in [2.05, 4.69) is 10.1 Å². The van der Waals surface area contributed by atoms with Crippen molar-refractivity contribution in [2.24, 2.45) is 0 Å². The normalized spacial score (nSPS) is 11.1. The zero-order chi connectivity index (χ0) is 11.0. The molecule has 0 aliphatic carbocycles. The van der Waals surface area contributed by atoms with Crippen molar-refractivity contribution in [3.8, 4) is 11.7 Å². The van der Waals surface area contributed by atoms with Crippen LogP contribution in [0.2, 0.25) is 0 Å². The van der Waals surface area contributed by atoms with Crippen LogP contribution in [-0.2, 0) is 5.88 Å². The lowest BCUT2D eigenvalue weighted by molar-refractivity contribution is 0.413. The summed E-state index contributed by atoms with van der Waals surface area (Å²) in [6, 6.07) is 9.56. The molecule has 0 aliphatic rings. The van der Waals surface area contributed by atoms with Gasteiger partial charge in [-0.15, -0.1) is 11.6 Å². The molecule has 3 aromatic rings. The molecule has 0 saturated heterocycles. The lowest BCUT2D eigenvalue weighted by atomic mass is 10.2. The van der Waals surface area contributed by atoms with E-state index in [1.54, 1.807) is 0 Å². The third-order valence-electron chi connectivity index (χ3n) is 2.22. The smallest absolute Gasteiger partial charge is 0.293 e. The Kier molecular flexibility index (Phi) is 2.15. The Balaban J connectivity index is 2.11. The molecular formula is C11H7ClN2O2. The third-order valence-corrected chi connectivity index (χ3v) is 2.46. The van der Waals surface area contributed by atoms with Crippen LogP contribution >= 0.6 is 11.6 Å². The monoisotopic (exact) mass is 234 g/mol. The minimum absolute atomic E-state index is 0.226. The summed E-state index contributed by atoms with van der Waals surface area (Å²) in [4.78, 5) is 4.09. The lowest BCUT2D eigenvalue weighted by Gasteiger charge is -1.84. The van der Waals surface area contributed by atoms with Gasteiger partial charge in [0.15, 0.2) is 11.6 Å². The van der Waals surface area contributed by atoms with E-state index in [9.17, 15) is 0 Å². The van der Waals surface area contributed by atoms with Crippen molar-refractivity contribution < 1.29 is 8.94 Å². The van der Waals surface area contributed by atoms with Crippen LogP contribution in [0.15, 0.2) is 39.3 Å². The standard InChI is InChI=1S/C11H7ClN2O2/c12-6-10-13-11(16-14-10)9-5-7-3-1-2-4-8(7)15-9/h1-5H,6H2. The highest BCUT2D eigenvalue weighted by molar-refractivity contribution is 6.16. The number of alkyl halides is 1. The van der Waals surface area contributed by atoms with Gasteiger partial charge < -0.3 is 8.94 Å². The molecule has 0 fully saturated rings. The van der Waals surface area contributed by atoms with E-state index < -0.39 is 0 Å². The molecule has 2 aromatic heterocycles. The number of hydrogen-bond acceptors (Lipinski definition) is 4. The summed E-state index contributed by atoms with van der Waals surface area (Å²) in [5.41, 5.74) is 0.795. The van der Waals surface area contributed by atoms with Gasteiger partial charge in [0.05, 0.1) is 5.88 Å². The molecule has 1 aromatic carbocycles. The summed E-state index contributed by atoms with van der Waals surface area (Å²) in [6.45, 7) is 0. The summed E-state index contributed by atoms with van der Waals surface area (Å²) >= 11 is 5.59. The first kappa shape index (κ1) is 9.42. The minimum atomic E-state index is 0.226. The van der Waals surface area contributed by atoms with Gasteiger partial charge in [0, 0.05) is 5.39 Å². The largest absolute Gasteiger partial charge is 0.451 e. The van der Waals surface area contributed by atoms with Crippen LogP contribution in [0.25, 0.3) is 22.6 Å². The van der Waals surface area contributed by atoms with E-state index >= 15 is 0 Å². The van der Waals surface area contributed by atoms with Crippen molar-refractivity contribution in [1.82, 2.24) is 10.1 Å². The fraction of sp³-hybridized carbons (Fsp3) is 0.0909. The maximum atomic E-state index is 5.59. The number of para-hydroxylation sites is 1. The fourth-order valence-electron chi connectivity index (χ4n) is 1.50. The number of fused-ring (bicyclic) bond motifs is 1. The molecule has 0 spiro atoms. The van der Waals surface area contributed by atoms with E-state index in [1.807, 2.05) is 30.3 Å². The number of halogens is 1. The van der Waals surface area contributed by atoms with Gasteiger partial charge in [-0.05, 0) is 12.1 Å². The van der Waals surface area contributed by atoms with Crippen LogP contribution in [0, 0.1) is 0 Å². The number of aromatic nitrogens is 2. The Labute approximate surface area is 95.8 Å². The van der Waals surface area contributed by atoms with Crippen LogP contribution < -0.4 is 0 Å². The molecule has 80 valence electrons. The molecule has 0 radical (unpaired) electrons. The zero-order valence-electron chi connectivity index (χ0n) is 8.18. The predicted molar refractivity (Wildman–Crippen MR) is 59.1 cm³/mol. The number of benzene rings is 1. The third kappa shape index (κ3) is 1.47. The number of nitrogens with zero attached hydrogens (tertiary/aromatic N) is 2. The van der Waals surface area contributed by atoms with Gasteiger partial charge in [0.2, 0.25) is 0 Å². The maximum Gasteiger partial charge on any atom is 0.293 e. The van der Waals surface area contributed by atoms with E-state index in [0.29, 0.717) is 17.5 Å². The Bertz CT molecular complexity index is 596. The zero-order valence-corrected chi connectivity index (χ0v) is 8.94. The first-order valence-electron chi connectivity index (χ1n) is 4.74. The van der Waals surface area contributed by atoms with E-state index in [-0.39, 0.29) is 5.88 Å². The quantitative estimate of drug-likeness (QED) is 0.639. The van der Waals surface area contributed by atoms with E-state index in [0.717, 1.165) is 11.0 Å². The van der Waals surface area contributed by atoms with Crippen LogP contribution in [0.1, 0.15) is 5.82 Å². The Morgan fingerprint density at radius 2 is 2.12 bits per heavy atom. The van der Waals surface area contributed by atoms with Crippen molar-refractivity contribution in [3.05, 3.63) is 36.2 Å². The van der Waals surface area contributed by atoms with Gasteiger partial charge in [0.1, 0.15) is 5.58 Å². The topological polar surface area (TPSA) is 52.1 Å². The summed E-state index contributed by atoms with van der Waals surface area (Å²) in [5.74, 6) is 1.60. The molecule has 0 saturated carbocycles. The van der Waals surface area contributed by atoms with Crippen LogP contribution in [-0.4, -0.2) is 10.1 Å². The molecule has 16 heavy (non-hydrogen) atoms. The van der Waals surface area contributed by atoms with Crippen molar-refractivity contribution in [2.75, 3.05) is 0 Å². The molecule has 4 nitrogen and oxygen atoms in total. The molecule has 0 bridgehead atoms. The summed E-state index contributed by atoms with van der Waals surface area (Å²) in [5, 5.41) is 4.71. The average molecular weight is 235 g/mol. The number of rotatable bonds is 2. The highest BCUT2D eigenvalue weighted by Gasteiger charge is 2.12. The molecule has 2 heterocycles. The second kappa shape index (κ2) is 3.64. The molecule has 3 rings (SSSR count). The molecule has 0 atom stereocenters. The number of furan rings is 1. The first-order chi connectivity index (χ1) is 7.86. The van der Waals surface area contributed by atoms with E-state index in [4.69, 9.17) is 20.5 Å². The van der Waals surface area contributed by atoms with Gasteiger partial charge in [-0.1, -0.05) is 23.4 Å². The maximum absolute atomic E-state index is 5.59. The Morgan fingerprint density at radius 3 is 2.88 bits per heavy atom. The lowest BCUT2D eigenvalue weighted by Crippen LogP contribution is -1.78. The second-order valence-electron chi connectivity index (χ2n) is 3.30. The van der Waals surface area contributed by atoms with Gasteiger partial charge in [-0.2, -0.15) is 4.98 Å². The highest BCUT2D eigenvalue weighted by Crippen LogP contribution is 2.26. The molecule has 0 unspecified atom stereocenters. The highest BCUT2D eigenvalue weighted by atomic mass is 35.5. The molecule has 5 heteroatoms. The Morgan fingerprint density at radius 1 is 1.25 bits per heavy atom. The summed E-state index contributed by atoms with van der Waals surface area (Å²) < 4.78 is 10.6. The van der Waals surface area contributed by atoms with Crippen molar-refractivity contribution >= 4 is 22.6 Å². The van der Waals surface area contributed by atoms with Crippen LogP contribution in [0.4, 0.5) is 0 Å². The van der Waals surface area contributed by atoms with Crippen LogP contribution in [0.3, 0.4) is 0 Å². The van der Waals surface area contributed by atoms with Crippen molar-refractivity contribution in [2.45, 2.75) is 5.88 Å². The van der Waals surface area contributed by atoms with Crippen LogP contribution in [0.5, 0.6) is 0 Å². The van der Waals surface area contributed by atoms with Gasteiger partial charge >= 0.3 is 0 Å². The average Bonchev–Trinajstić information content (AvgIpc) is 2.95. The second-order valence-corrected chi connectivity index (χ2v) is 3.57. The summed E-state index contributed by atoms with van der Waals surface area (Å²) in [7, 11) is 0. The molecule has 0 amide bonds. The van der Waals surface area contributed by atoms with Gasteiger partial charge in [0.25, 0.3) is 5.89 Å². The number of hydrogen-bond donors (Lipinski definition) is 0. The Hall–Kier alpha value is -1.81. The summed E-state index contributed by atoms with van der Waals surface area (Å²) in [6.07, 6.45) is 0. The minimum Gasteiger partial charge on any atom is -0.451 e. The molecule has 0 N–H and O–H groups in total. The van der Waals surface area contributed by atoms with Gasteiger partial charge in [-0.3, -0.25) is 0 Å². The fourth-order valence-corrected chi connectivity index (χ4v) is 1.60. The van der Waals surface area contributed by atoms with Gasteiger partial charge in [-0.25, -0.2) is 0 Å². The molecular weight excluding hydrogens is 228 g/mol. The van der Waals surface area contributed by atoms with Crippen molar-refractivity contribution in [1.29, 1.82) is 0 Å². The van der Waals surface area contributed by atoms with E-state index in [1.165, 1.54) is 0 Å². The first-order valence-corrected chi connectivity index (χ1v) is 5.28.